The third-order valence-electron chi connectivity index (χ3n) is 1.95. The second-order valence-electron chi connectivity index (χ2n) is 3.19. The van der Waals surface area contributed by atoms with Gasteiger partial charge in [-0.3, -0.25) is 4.79 Å². The van der Waals surface area contributed by atoms with Crippen molar-refractivity contribution in [3.8, 4) is 0 Å². The fraction of sp³-hybridized carbons (Fsp3) is 0.875. The highest BCUT2D eigenvalue weighted by Gasteiger charge is 2.26. The Balaban J connectivity index is 2.33. The van der Waals surface area contributed by atoms with E-state index in [2.05, 4.69) is 12.2 Å². The smallest absolute Gasteiger partial charge is 0.229 e. The lowest BCUT2D eigenvalue weighted by Gasteiger charge is -2.26. The molecule has 3 atom stereocenters. The Hall–Kier alpha value is -0.140. The van der Waals surface area contributed by atoms with E-state index in [-0.39, 0.29) is 11.6 Å². The summed E-state index contributed by atoms with van der Waals surface area (Å²) < 4.78 is 5.26. The molecule has 1 N–H and O–H groups in total. The quantitative estimate of drug-likeness (QED) is 0.676. The van der Waals surface area contributed by atoms with Gasteiger partial charge in [0, 0.05) is 22.0 Å². The van der Waals surface area contributed by atoms with Crippen molar-refractivity contribution in [1.82, 2.24) is 5.32 Å². The van der Waals surface area contributed by atoms with Crippen molar-refractivity contribution in [2.24, 2.45) is 5.92 Å². The molecule has 4 heteroatoms. The molecular weight excluding hydrogens is 173 g/mol. The number of amides is 1. The van der Waals surface area contributed by atoms with E-state index in [9.17, 15) is 4.79 Å². The van der Waals surface area contributed by atoms with Gasteiger partial charge in [-0.05, 0) is 19.3 Å². The van der Waals surface area contributed by atoms with Gasteiger partial charge in [-0.2, -0.15) is 0 Å². The summed E-state index contributed by atoms with van der Waals surface area (Å²) in [7, 11) is 0.336. The number of carbonyl (C=O) groups is 1. The summed E-state index contributed by atoms with van der Waals surface area (Å²) in [6, 6.07) is 0. The molecule has 1 saturated heterocycles. The molecular formula is C8H16NO2P. The van der Waals surface area contributed by atoms with Crippen molar-refractivity contribution in [3.05, 3.63) is 0 Å². The van der Waals surface area contributed by atoms with Gasteiger partial charge in [-0.15, -0.1) is 0 Å². The third-order valence-corrected chi connectivity index (χ3v) is 3.19. The predicted octanol–water partition coefficient (Wildman–Crippen LogP) is 1.14. The van der Waals surface area contributed by atoms with Crippen molar-refractivity contribution in [2.45, 2.75) is 25.9 Å². The molecule has 0 aromatic rings. The lowest BCUT2D eigenvalue weighted by molar-refractivity contribution is -0.122. The summed E-state index contributed by atoms with van der Waals surface area (Å²) in [6.07, 6.45) is 0.976. The molecule has 1 heterocycles. The van der Waals surface area contributed by atoms with Gasteiger partial charge in [-0.25, -0.2) is 0 Å². The second-order valence-corrected chi connectivity index (χ2v) is 4.41. The van der Waals surface area contributed by atoms with Crippen LogP contribution in [0.15, 0.2) is 0 Å². The first-order valence-electron chi connectivity index (χ1n) is 4.39. The Morgan fingerprint density at radius 1 is 1.75 bits per heavy atom. The number of piperidine rings is 1. The number of carbonyl (C=O) groups excluding carboxylic acids is 1. The molecule has 0 aromatic heterocycles. The summed E-state index contributed by atoms with van der Waals surface area (Å²) in [4.78, 5) is 11.3. The molecule has 0 radical (unpaired) electrons. The van der Waals surface area contributed by atoms with Crippen LogP contribution >= 0.6 is 8.81 Å². The highest BCUT2D eigenvalue weighted by Crippen LogP contribution is 2.28. The maximum atomic E-state index is 11.3. The van der Waals surface area contributed by atoms with Crippen LogP contribution in [0, 0.1) is 5.92 Å². The zero-order chi connectivity index (χ0) is 8.97. The molecule has 0 saturated carbocycles. The Morgan fingerprint density at radius 2 is 2.50 bits per heavy atom. The lowest BCUT2D eigenvalue weighted by atomic mass is 10.0. The standard InChI is InChI=1S/C8H16NO2P/c1-3-11-12-7-4-6(2)5-9-8(7)10/h6-7,12H,3-5H2,1-2H3,(H,9,10). The SMILES string of the molecule is CCOPC1CC(C)CNC1=O. The van der Waals surface area contributed by atoms with E-state index in [1.807, 2.05) is 6.92 Å². The van der Waals surface area contributed by atoms with Crippen LogP contribution in [0.25, 0.3) is 0 Å². The summed E-state index contributed by atoms with van der Waals surface area (Å²) in [6.45, 7) is 5.64. The van der Waals surface area contributed by atoms with E-state index in [0.717, 1.165) is 13.0 Å². The van der Waals surface area contributed by atoms with Crippen LogP contribution in [-0.4, -0.2) is 24.7 Å². The van der Waals surface area contributed by atoms with Crippen LogP contribution < -0.4 is 5.32 Å². The number of rotatable bonds is 3. The first-order chi connectivity index (χ1) is 5.74. The van der Waals surface area contributed by atoms with E-state index in [0.29, 0.717) is 21.3 Å². The Bertz CT molecular complexity index is 163. The predicted molar refractivity (Wildman–Crippen MR) is 50.5 cm³/mol. The van der Waals surface area contributed by atoms with Crippen LogP contribution in [0.2, 0.25) is 0 Å². The zero-order valence-electron chi connectivity index (χ0n) is 7.59. The van der Waals surface area contributed by atoms with E-state index in [1.165, 1.54) is 0 Å². The topological polar surface area (TPSA) is 38.3 Å². The Labute approximate surface area is 75.1 Å². The van der Waals surface area contributed by atoms with Gasteiger partial charge in [-0.1, -0.05) is 6.92 Å². The summed E-state index contributed by atoms with van der Waals surface area (Å²) >= 11 is 0. The van der Waals surface area contributed by atoms with Crippen molar-refractivity contribution in [2.75, 3.05) is 13.2 Å². The Morgan fingerprint density at radius 3 is 3.17 bits per heavy atom. The molecule has 0 aromatic carbocycles. The third kappa shape index (κ3) is 2.72. The van der Waals surface area contributed by atoms with Gasteiger partial charge in [0.2, 0.25) is 5.91 Å². The monoisotopic (exact) mass is 189 g/mol. The second kappa shape index (κ2) is 4.78. The summed E-state index contributed by atoms with van der Waals surface area (Å²) in [5.41, 5.74) is 0.105. The molecule has 0 aliphatic carbocycles. The molecule has 0 bridgehead atoms. The van der Waals surface area contributed by atoms with Crippen LogP contribution in [0.1, 0.15) is 20.3 Å². The van der Waals surface area contributed by atoms with Gasteiger partial charge in [0.1, 0.15) is 0 Å². The highest BCUT2D eigenvalue weighted by molar-refractivity contribution is 7.34. The van der Waals surface area contributed by atoms with E-state index < -0.39 is 0 Å². The molecule has 0 spiro atoms. The minimum atomic E-state index is 0.105. The molecule has 70 valence electrons. The average Bonchev–Trinajstić information content (AvgIpc) is 2.07. The number of nitrogens with one attached hydrogen (secondary N) is 1. The van der Waals surface area contributed by atoms with E-state index in [4.69, 9.17) is 4.52 Å². The molecule has 12 heavy (non-hydrogen) atoms. The molecule has 1 rings (SSSR count). The zero-order valence-corrected chi connectivity index (χ0v) is 8.59. The lowest BCUT2D eigenvalue weighted by Crippen LogP contribution is -2.42. The van der Waals surface area contributed by atoms with Crippen molar-refractivity contribution in [3.63, 3.8) is 0 Å². The number of hydrogen-bond donors (Lipinski definition) is 1. The molecule has 1 aliphatic heterocycles. The summed E-state index contributed by atoms with van der Waals surface area (Å²) in [5.74, 6) is 0.764. The van der Waals surface area contributed by atoms with Gasteiger partial charge in [0.25, 0.3) is 0 Å². The van der Waals surface area contributed by atoms with Crippen molar-refractivity contribution in [1.29, 1.82) is 0 Å². The van der Waals surface area contributed by atoms with Gasteiger partial charge >= 0.3 is 0 Å². The van der Waals surface area contributed by atoms with Gasteiger partial charge in [0.15, 0.2) is 0 Å². The first-order valence-corrected chi connectivity index (χ1v) is 5.37. The van der Waals surface area contributed by atoms with Gasteiger partial charge < -0.3 is 9.84 Å². The van der Waals surface area contributed by atoms with Crippen LogP contribution in [0.4, 0.5) is 0 Å². The largest absolute Gasteiger partial charge is 0.362 e. The molecule has 3 unspecified atom stereocenters. The molecule has 1 fully saturated rings. The van der Waals surface area contributed by atoms with E-state index >= 15 is 0 Å². The Kier molecular flexibility index (Phi) is 3.96. The van der Waals surface area contributed by atoms with Gasteiger partial charge in [0.05, 0.1) is 5.66 Å². The van der Waals surface area contributed by atoms with Crippen LogP contribution in [0.3, 0.4) is 0 Å². The number of hydrogen-bond acceptors (Lipinski definition) is 2. The molecule has 1 amide bonds. The maximum Gasteiger partial charge on any atom is 0.229 e. The molecule has 3 nitrogen and oxygen atoms in total. The maximum absolute atomic E-state index is 11.3. The van der Waals surface area contributed by atoms with Crippen molar-refractivity contribution < 1.29 is 9.32 Å². The van der Waals surface area contributed by atoms with Crippen LogP contribution in [0.5, 0.6) is 0 Å². The fourth-order valence-corrected chi connectivity index (χ4v) is 2.35. The normalized spacial score (nSPS) is 31.0. The average molecular weight is 189 g/mol. The minimum Gasteiger partial charge on any atom is -0.362 e. The summed E-state index contributed by atoms with van der Waals surface area (Å²) in [5, 5.41) is 2.88. The fourth-order valence-electron chi connectivity index (χ4n) is 1.28. The highest BCUT2D eigenvalue weighted by atomic mass is 31.1. The van der Waals surface area contributed by atoms with Crippen molar-refractivity contribution >= 4 is 14.7 Å². The van der Waals surface area contributed by atoms with E-state index in [1.54, 1.807) is 0 Å². The molecule has 1 aliphatic rings. The minimum absolute atomic E-state index is 0.105. The first kappa shape index (κ1) is 9.94. The van der Waals surface area contributed by atoms with Crippen LogP contribution in [-0.2, 0) is 9.32 Å².